The number of fused-ring (bicyclic) bond motifs is 1. The Morgan fingerprint density at radius 2 is 2.31 bits per heavy atom. The van der Waals surface area contributed by atoms with E-state index in [4.69, 9.17) is 11.6 Å². The third-order valence-corrected chi connectivity index (χ3v) is 3.06. The molecule has 0 N–H and O–H groups in total. The molecule has 2 aromatic rings. The Balaban J connectivity index is 2.96. The van der Waals surface area contributed by atoms with E-state index in [0.29, 0.717) is 21.9 Å². The molecular weight excluding hydrogens is 211 g/mol. The van der Waals surface area contributed by atoms with Crippen LogP contribution in [-0.4, -0.2) is 6.29 Å². The smallest absolute Gasteiger partial charge is 0.153 e. The summed E-state index contributed by atoms with van der Waals surface area (Å²) >= 11 is 7.01. The molecule has 0 saturated heterocycles. The monoisotopic (exact) mass is 214 g/mol. The lowest BCUT2D eigenvalue weighted by Gasteiger charge is -1.98. The molecule has 0 aliphatic rings. The number of hydrogen-bond acceptors (Lipinski definition) is 2. The average molecular weight is 215 g/mol. The standard InChI is InChI=1S/C9H4ClFOS/c10-7-3-8(11)5-1-2-13-9(5)6(7)4-12/h1-4H. The SMILES string of the molecule is O=Cc1c(Cl)cc(F)c2ccsc12. The molecule has 0 saturated carbocycles. The van der Waals surface area contributed by atoms with Crippen molar-refractivity contribution >= 4 is 39.3 Å². The second-order valence-electron chi connectivity index (χ2n) is 2.54. The third-order valence-electron chi connectivity index (χ3n) is 1.80. The number of hydrogen-bond donors (Lipinski definition) is 0. The highest BCUT2D eigenvalue weighted by atomic mass is 35.5. The van der Waals surface area contributed by atoms with Crippen LogP contribution >= 0.6 is 22.9 Å². The molecule has 1 heterocycles. The van der Waals surface area contributed by atoms with Gasteiger partial charge in [-0.15, -0.1) is 11.3 Å². The normalized spacial score (nSPS) is 10.6. The van der Waals surface area contributed by atoms with Crippen molar-refractivity contribution in [2.45, 2.75) is 0 Å². The Morgan fingerprint density at radius 3 is 3.00 bits per heavy atom. The predicted octanol–water partition coefficient (Wildman–Crippen LogP) is 3.51. The fraction of sp³-hybridized carbons (Fsp3) is 0. The zero-order valence-electron chi connectivity index (χ0n) is 6.38. The molecule has 4 heteroatoms. The van der Waals surface area contributed by atoms with Crippen LogP contribution in [0, 0.1) is 5.82 Å². The molecule has 0 spiro atoms. The topological polar surface area (TPSA) is 17.1 Å². The summed E-state index contributed by atoms with van der Waals surface area (Å²) in [5.41, 5.74) is 0.369. The highest BCUT2D eigenvalue weighted by Crippen LogP contribution is 2.31. The maximum Gasteiger partial charge on any atom is 0.153 e. The lowest BCUT2D eigenvalue weighted by atomic mass is 10.2. The van der Waals surface area contributed by atoms with Gasteiger partial charge in [0.1, 0.15) is 5.82 Å². The van der Waals surface area contributed by atoms with Crippen molar-refractivity contribution in [2.24, 2.45) is 0 Å². The quantitative estimate of drug-likeness (QED) is 0.664. The van der Waals surface area contributed by atoms with E-state index in [2.05, 4.69) is 0 Å². The zero-order valence-corrected chi connectivity index (χ0v) is 7.95. The zero-order chi connectivity index (χ0) is 9.42. The van der Waals surface area contributed by atoms with Gasteiger partial charge in [0.05, 0.1) is 10.6 Å². The van der Waals surface area contributed by atoms with Crippen molar-refractivity contribution in [3.63, 3.8) is 0 Å². The van der Waals surface area contributed by atoms with Gasteiger partial charge in [0.15, 0.2) is 6.29 Å². The molecule has 13 heavy (non-hydrogen) atoms. The number of benzene rings is 1. The summed E-state index contributed by atoms with van der Waals surface area (Å²) in [4.78, 5) is 10.7. The summed E-state index contributed by atoms with van der Waals surface area (Å²) in [6, 6.07) is 2.80. The van der Waals surface area contributed by atoms with E-state index >= 15 is 0 Å². The minimum absolute atomic E-state index is 0.169. The molecule has 2 rings (SSSR count). The molecule has 0 unspecified atom stereocenters. The van der Waals surface area contributed by atoms with Gasteiger partial charge in [-0.2, -0.15) is 0 Å². The summed E-state index contributed by atoms with van der Waals surface area (Å²) in [6.45, 7) is 0. The first kappa shape index (κ1) is 8.66. The van der Waals surface area contributed by atoms with E-state index < -0.39 is 0 Å². The molecular formula is C9H4ClFOS. The maximum absolute atomic E-state index is 13.2. The van der Waals surface area contributed by atoms with Crippen LogP contribution in [0.4, 0.5) is 4.39 Å². The number of aldehydes is 1. The first-order valence-electron chi connectivity index (χ1n) is 3.54. The molecule has 0 amide bonds. The van der Waals surface area contributed by atoms with E-state index in [1.54, 1.807) is 11.4 Å². The van der Waals surface area contributed by atoms with Gasteiger partial charge in [0, 0.05) is 10.1 Å². The second-order valence-corrected chi connectivity index (χ2v) is 3.86. The van der Waals surface area contributed by atoms with Crippen molar-refractivity contribution in [3.05, 3.63) is 33.9 Å². The van der Waals surface area contributed by atoms with E-state index in [-0.39, 0.29) is 10.8 Å². The maximum atomic E-state index is 13.2. The summed E-state index contributed by atoms with van der Waals surface area (Å²) in [6.07, 6.45) is 0.653. The molecule has 0 atom stereocenters. The highest BCUT2D eigenvalue weighted by molar-refractivity contribution is 7.17. The molecule has 0 radical (unpaired) electrons. The summed E-state index contributed by atoms with van der Waals surface area (Å²) in [7, 11) is 0. The van der Waals surface area contributed by atoms with Crippen LogP contribution in [0.2, 0.25) is 5.02 Å². The van der Waals surface area contributed by atoms with E-state index in [1.165, 1.54) is 17.4 Å². The van der Waals surface area contributed by atoms with Crippen LogP contribution in [0.15, 0.2) is 17.5 Å². The second kappa shape index (κ2) is 3.09. The Morgan fingerprint density at radius 1 is 1.54 bits per heavy atom. The van der Waals surface area contributed by atoms with Crippen LogP contribution in [0.5, 0.6) is 0 Å². The molecule has 0 fully saturated rings. The molecule has 0 bridgehead atoms. The molecule has 0 aliphatic heterocycles. The lowest BCUT2D eigenvalue weighted by Crippen LogP contribution is -1.85. The number of rotatable bonds is 1. The van der Waals surface area contributed by atoms with Gasteiger partial charge >= 0.3 is 0 Å². The van der Waals surface area contributed by atoms with Gasteiger partial charge in [0.25, 0.3) is 0 Å². The Labute approximate surface area is 82.7 Å². The minimum Gasteiger partial charge on any atom is -0.298 e. The first-order chi connectivity index (χ1) is 6.24. The van der Waals surface area contributed by atoms with Crippen molar-refractivity contribution in [2.75, 3.05) is 0 Å². The van der Waals surface area contributed by atoms with E-state index in [9.17, 15) is 9.18 Å². The number of thiophene rings is 1. The van der Waals surface area contributed by atoms with Gasteiger partial charge < -0.3 is 0 Å². The van der Waals surface area contributed by atoms with Crippen LogP contribution < -0.4 is 0 Å². The Hall–Kier alpha value is -0.930. The Kier molecular flexibility index (Phi) is 2.06. The molecule has 0 aliphatic carbocycles. The van der Waals surface area contributed by atoms with Crippen molar-refractivity contribution in [1.29, 1.82) is 0 Å². The van der Waals surface area contributed by atoms with Gasteiger partial charge in [-0.3, -0.25) is 4.79 Å². The lowest BCUT2D eigenvalue weighted by molar-refractivity contribution is 0.112. The van der Waals surface area contributed by atoms with Gasteiger partial charge in [-0.05, 0) is 17.5 Å². The molecule has 1 aromatic heterocycles. The first-order valence-corrected chi connectivity index (χ1v) is 4.80. The van der Waals surface area contributed by atoms with Gasteiger partial charge in [-0.1, -0.05) is 11.6 Å². The predicted molar refractivity (Wildman–Crippen MR) is 52.2 cm³/mol. The summed E-state index contributed by atoms with van der Waals surface area (Å²) in [5, 5.41) is 2.36. The molecule has 1 nitrogen and oxygen atoms in total. The fourth-order valence-corrected chi connectivity index (χ4v) is 2.40. The number of halogens is 2. The van der Waals surface area contributed by atoms with Gasteiger partial charge in [0.2, 0.25) is 0 Å². The largest absolute Gasteiger partial charge is 0.298 e. The Bertz CT molecular complexity index is 478. The summed E-state index contributed by atoms with van der Waals surface area (Å²) in [5.74, 6) is -0.383. The molecule has 66 valence electrons. The van der Waals surface area contributed by atoms with Crippen molar-refractivity contribution in [3.8, 4) is 0 Å². The van der Waals surface area contributed by atoms with Crippen LogP contribution in [0.3, 0.4) is 0 Å². The van der Waals surface area contributed by atoms with Crippen LogP contribution in [0.1, 0.15) is 10.4 Å². The third kappa shape index (κ3) is 1.24. The summed E-state index contributed by atoms with van der Waals surface area (Å²) < 4.78 is 13.8. The number of carbonyl (C=O) groups is 1. The van der Waals surface area contributed by atoms with Crippen LogP contribution in [0.25, 0.3) is 10.1 Å². The van der Waals surface area contributed by atoms with E-state index in [0.717, 1.165) is 0 Å². The molecule has 1 aromatic carbocycles. The minimum atomic E-state index is -0.383. The number of carbonyl (C=O) groups excluding carboxylic acids is 1. The van der Waals surface area contributed by atoms with Crippen molar-refractivity contribution in [1.82, 2.24) is 0 Å². The van der Waals surface area contributed by atoms with Gasteiger partial charge in [-0.25, -0.2) is 4.39 Å². The van der Waals surface area contributed by atoms with Crippen molar-refractivity contribution < 1.29 is 9.18 Å². The fourth-order valence-electron chi connectivity index (χ4n) is 1.19. The average Bonchev–Trinajstić information content (AvgIpc) is 2.53. The highest BCUT2D eigenvalue weighted by Gasteiger charge is 2.10. The van der Waals surface area contributed by atoms with E-state index in [1.807, 2.05) is 0 Å². The van der Waals surface area contributed by atoms with Crippen LogP contribution in [-0.2, 0) is 0 Å².